The van der Waals surface area contributed by atoms with Crippen LogP contribution in [0.15, 0.2) is 0 Å². The lowest BCUT2D eigenvalue weighted by molar-refractivity contribution is -0.143. The Balaban J connectivity index is 2.52. The summed E-state index contributed by atoms with van der Waals surface area (Å²) in [6.45, 7) is 0.304. The lowest BCUT2D eigenvalue weighted by Gasteiger charge is -2.26. The van der Waals surface area contributed by atoms with Crippen molar-refractivity contribution in [3.8, 4) is 0 Å². The molecule has 2 rings (SSSR count). The molecule has 0 aromatic carbocycles. The molecule has 36 heteroatoms. The number of nitrogens with one attached hydrogen (secondary N) is 10. The van der Waals surface area contributed by atoms with Crippen molar-refractivity contribution in [3.63, 3.8) is 0 Å². The quantitative estimate of drug-likeness (QED) is 0.0200. The Morgan fingerprint density at radius 1 is 0.415 bits per heavy atom. The third kappa shape index (κ3) is 26.6. The van der Waals surface area contributed by atoms with Crippen molar-refractivity contribution in [2.45, 2.75) is 163 Å². The smallest absolute Gasteiger partial charge is 0.326 e. The van der Waals surface area contributed by atoms with E-state index in [0.717, 1.165) is 0 Å². The van der Waals surface area contributed by atoms with Crippen LogP contribution in [0.3, 0.4) is 0 Å². The summed E-state index contributed by atoms with van der Waals surface area (Å²) in [6, 6.07) is -16.7. The molecule has 0 radical (unpaired) electrons. The molecular weight excluding hydrogens is 1140 g/mol. The van der Waals surface area contributed by atoms with Crippen LogP contribution in [0.2, 0.25) is 0 Å². The Bertz CT molecular complexity index is 2210. The van der Waals surface area contributed by atoms with Gasteiger partial charge in [0.1, 0.15) is 60.4 Å². The molecule has 82 heavy (non-hydrogen) atoms. The number of carbonyl (C=O) groups excluding carboxylic acids is 10. The zero-order chi connectivity index (χ0) is 61.6. The van der Waals surface area contributed by atoms with Crippen LogP contribution < -0.4 is 64.6 Å². The lowest BCUT2D eigenvalue weighted by atomic mass is 10.1. The molecule has 2 saturated heterocycles. The summed E-state index contributed by atoms with van der Waals surface area (Å²) in [7, 11) is 1.27. The molecule has 2 heterocycles. The minimum Gasteiger partial charge on any atom is -0.481 e. The van der Waals surface area contributed by atoms with Crippen LogP contribution in [0, 0.1) is 0 Å². The highest BCUT2D eigenvalue weighted by atomic mass is 33.1. The van der Waals surface area contributed by atoms with E-state index < -0.39 is 205 Å². The predicted octanol–water partition coefficient (Wildman–Crippen LogP) is -6.09. The Morgan fingerprint density at radius 3 is 1.00 bits per heavy atom. The van der Waals surface area contributed by atoms with Gasteiger partial charge < -0.3 is 95.3 Å². The number of amides is 10. The monoisotopic (exact) mass is 1210 g/mol. The predicted molar refractivity (Wildman–Crippen MR) is 282 cm³/mol. The van der Waals surface area contributed by atoms with Gasteiger partial charge in [0.05, 0.1) is 12.8 Å². The second-order valence-electron chi connectivity index (χ2n) is 18.7. The van der Waals surface area contributed by atoms with Gasteiger partial charge in [-0.1, -0.05) is 21.6 Å². The molecule has 0 bridgehead atoms. The largest absolute Gasteiger partial charge is 0.481 e. The van der Waals surface area contributed by atoms with Gasteiger partial charge in [-0.15, -0.1) is 0 Å². The molecule has 10 atom stereocenters. The van der Waals surface area contributed by atoms with Crippen LogP contribution in [0.1, 0.15) is 103 Å². The maximum atomic E-state index is 13.9. The Hall–Kier alpha value is -7.86. The lowest BCUT2D eigenvalue weighted by Crippen LogP contribution is -2.59. The molecule has 0 saturated carbocycles. The van der Waals surface area contributed by atoms with E-state index in [9.17, 15) is 107 Å². The SMILES string of the molecule is NCCCC[C@H](NC(=O)[C@H](CSSC[C@H](NC(=O)[C@H](CC(=O)O)NC(=O)[C@H](CCC(=O)O)NC(=O)[C@@H]1CCC(=O)N1)C(=O)N[C@@H](CCCCN)C(=O)O)NC(=O)[C@H](CC(=O)O)NC(=O)[C@H](CCC(=O)O)NC(=O)[C@@H]1CCC(=O)N1)C(=O)O. The Kier molecular flexibility index (Phi) is 31.3. The van der Waals surface area contributed by atoms with Gasteiger partial charge in [0.2, 0.25) is 59.1 Å². The van der Waals surface area contributed by atoms with E-state index in [2.05, 4.69) is 53.2 Å². The van der Waals surface area contributed by atoms with Crippen LogP contribution in [0.5, 0.6) is 0 Å². The zero-order valence-electron chi connectivity index (χ0n) is 44.1. The number of aliphatic carboxylic acids is 6. The van der Waals surface area contributed by atoms with Gasteiger partial charge >= 0.3 is 35.8 Å². The first-order valence-corrected chi connectivity index (χ1v) is 28.1. The van der Waals surface area contributed by atoms with Crippen LogP contribution in [-0.2, 0) is 76.7 Å². The van der Waals surface area contributed by atoms with E-state index >= 15 is 0 Å². The van der Waals surface area contributed by atoms with E-state index in [4.69, 9.17) is 11.5 Å². The molecular formula is C46H70N12O22S2. The topological polar surface area (TPSA) is 567 Å². The van der Waals surface area contributed by atoms with Gasteiger partial charge in [-0.3, -0.25) is 67.1 Å². The zero-order valence-corrected chi connectivity index (χ0v) is 45.7. The number of carbonyl (C=O) groups is 16. The molecule has 0 aliphatic carbocycles. The summed E-state index contributed by atoms with van der Waals surface area (Å²) >= 11 is 0. The third-order valence-corrected chi connectivity index (χ3v) is 14.6. The molecule has 0 unspecified atom stereocenters. The van der Waals surface area contributed by atoms with Gasteiger partial charge in [0.25, 0.3) is 0 Å². The minimum absolute atomic E-state index is 0.0151. The van der Waals surface area contributed by atoms with Gasteiger partial charge in [0.15, 0.2) is 0 Å². The van der Waals surface area contributed by atoms with Gasteiger partial charge in [-0.05, 0) is 77.3 Å². The van der Waals surface area contributed by atoms with Gasteiger partial charge in [-0.25, -0.2) is 9.59 Å². The number of unbranched alkanes of at least 4 members (excludes halogenated alkanes) is 2. The molecule has 2 aliphatic heterocycles. The number of hydrogen-bond acceptors (Lipinski definition) is 20. The van der Waals surface area contributed by atoms with Crippen molar-refractivity contribution >= 4 is 116 Å². The highest BCUT2D eigenvalue weighted by Gasteiger charge is 2.38. The van der Waals surface area contributed by atoms with Crippen molar-refractivity contribution < 1.29 is 107 Å². The van der Waals surface area contributed by atoms with Gasteiger partial charge in [-0.2, -0.15) is 0 Å². The summed E-state index contributed by atoms with van der Waals surface area (Å²) in [6.07, 6.45) is -4.36. The van der Waals surface area contributed by atoms with Crippen molar-refractivity contribution in [1.82, 2.24) is 53.2 Å². The van der Waals surface area contributed by atoms with E-state index in [1.165, 1.54) is 0 Å². The van der Waals surface area contributed by atoms with Crippen LogP contribution in [0.4, 0.5) is 0 Å². The summed E-state index contributed by atoms with van der Waals surface area (Å²) < 4.78 is 0. The summed E-state index contributed by atoms with van der Waals surface area (Å²) in [5, 5.41) is 80.4. The van der Waals surface area contributed by atoms with Crippen molar-refractivity contribution in [2.24, 2.45) is 11.5 Å². The van der Waals surface area contributed by atoms with Crippen molar-refractivity contribution in [1.29, 1.82) is 0 Å². The summed E-state index contributed by atoms with van der Waals surface area (Å²) in [5.74, 6) is -21.0. The summed E-state index contributed by atoms with van der Waals surface area (Å²) in [4.78, 5) is 204. The van der Waals surface area contributed by atoms with Crippen LogP contribution in [-0.4, -0.2) is 211 Å². The number of hydrogen-bond donors (Lipinski definition) is 18. The first kappa shape index (κ1) is 70.2. The average molecular weight is 1210 g/mol. The molecule has 10 amide bonds. The Morgan fingerprint density at radius 2 is 0.720 bits per heavy atom. The molecule has 34 nitrogen and oxygen atoms in total. The molecule has 2 aliphatic rings. The van der Waals surface area contributed by atoms with Crippen LogP contribution in [0.25, 0.3) is 0 Å². The molecule has 0 aromatic heterocycles. The molecule has 0 spiro atoms. The second-order valence-corrected chi connectivity index (χ2v) is 21.2. The maximum Gasteiger partial charge on any atom is 0.326 e. The molecule has 458 valence electrons. The fraction of sp³-hybridized carbons (Fsp3) is 0.652. The second kappa shape index (κ2) is 36.5. The standard InChI is InChI=1S/C46H70N12O22S2/c47-15-3-1-5-25(45(77)78)53-43(75)29(57-41(73)27(17-35(65)66)55-39(71)23(9-13-33(61)62)51-37(69)21-7-11-31(59)49-21)19-81-82-20-30(44(76)54-26(46(79)80)6-2-4-16-48)58-42(74)28(18-36(67)68)56-40(72)24(10-14-34(63)64)52-38(70)22-8-12-32(60)50-22/h21-30H,1-20,47-48H2,(H,49,59)(H,50,60)(H,51,69)(H,52,70)(H,53,75)(H,54,76)(H,55,71)(H,56,72)(H,57,73)(H,58,74)(H,61,62)(H,63,64)(H,65,66)(H,67,68)(H,77,78)(H,79,80)/t21-,22-,23-,24-,25-,26-,27-,28-,29-,30-/m0/s1. The van der Waals surface area contributed by atoms with E-state index in [1.807, 2.05) is 0 Å². The average Bonchev–Trinajstić information content (AvgIpc) is 4.12. The normalized spacial score (nSPS) is 17.4. The highest BCUT2D eigenvalue weighted by Crippen LogP contribution is 2.24. The van der Waals surface area contributed by atoms with Crippen molar-refractivity contribution in [3.05, 3.63) is 0 Å². The van der Waals surface area contributed by atoms with E-state index in [-0.39, 0.29) is 64.5 Å². The maximum absolute atomic E-state index is 13.9. The summed E-state index contributed by atoms with van der Waals surface area (Å²) in [5.41, 5.74) is 11.1. The number of rotatable bonds is 41. The Labute approximate surface area is 474 Å². The van der Waals surface area contributed by atoms with E-state index in [0.29, 0.717) is 34.4 Å². The number of carboxylic acid groups (broad SMARTS) is 6. The fourth-order valence-corrected chi connectivity index (χ4v) is 10.1. The number of carboxylic acids is 6. The van der Waals surface area contributed by atoms with Crippen LogP contribution >= 0.6 is 21.6 Å². The van der Waals surface area contributed by atoms with Crippen molar-refractivity contribution in [2.75, 3.05) is 24.6 Å². The highest BCUT2D eigenvalue weighted by molar-refractivity contribution is 8.76. The number of nitrogens with two attached hydrogens (primary N) is 2. The minimum atomic E-state index is -2.08. The third-order valence-electron chi connectivity index (χ3n) is 12.1. The van der Waals surface area contributed by atoms with Gasteiger partial charge in [0, 0.05) is 37.2 Å². The molecule has 0 aromatic rings. The molecule has 20 N–H and O–H groups in total. The fourth-order valence-electron chi connectivity index (χ4n) is 7.74. The molecule has 2 fully saturated rings. The first-order valence-electron chi connectivity index (χ1n) is 25.6. The first-order chi connectivity index (χ1) is 38.6. The van der Waals surface area contributed by atoms with E-state index in [1.54, 1.807) is 0 Å².